The number of amides is 1. The molecular weight excluding hydrogens is 332 g/mol. The van der Waals surface area contributed by atoms with Crippen LogP contribution in [0.2, 0.25) is 0 Å². The minimum absolute atomic E-state index is 0.125. The summed E-state index contributed by atoms with van der Waals surface area (Å²) in [5.74, 6) is 2.10. The van der Waals surface area contributed by atoms with Crippen LogP contribution < -0.4 is 10.2 Å². The second kappa shape index (κ2) is 8.85. The number of nitrogens with one attached hydrogen (secondary N) is 1. The molecule has 0 spiro atoms. The van der Waals surface area contributed by atoms with Gasteiger partial charge in [0.1, 0.15) is 10.8 Å². The van der Waals surface area contributed by atoms with Crippen LogP contribution in [0.15, 0.2) is 47.8 Å². The molecule has 1 amide bonds. The largest absolute Gasteiger partial charge is 0.356 e. The van der Waals surface area contributed by atoms with Crippen molar-refractivity contribution >= 4 is 23.5 Å². The van der Waals surface area contributed by atoms with E-state index < -0.39 is 0 Å². The van der Waals surface area contributed by atoms with E-state index in [-0.39, 0.29) is 11.8 Å². The molecule has 25 heavy (non-hydrogen) atoms. The molecule has 0 bridgehead atoms. The molecule has 5 nitrogen and oxygen atoms in total. The Morgan fingerprint density at radius 3 is 2.72 bits per heavy atom. The zero-order valence-electron chi connectivity index (χ0n) is 14.5. The van der Waals surface area contributed by atoms with Crippen molar-refractivity contribution in [3.05, 3.63) is 48.3 Å². The maximum atomic E-state index is 12.0. The minimum atomic E-state index is 0.125. The van der Waals surface area contributed by atoms with Gasteiger partial charge in [-0.25, -0.2) is 4.98 Å². The van der Waals surface area contributed by atoms with E-state index in [0.29, 0.717) is 6.54 Å². The molecule has 1 aliphatic heterocycles. The van der Waals surface area contributed by atoms with Crippen molar-refractivity contribution in [2.45, 2.75) is 30.5 Å². The Bertz CT molecular complexity index is 687. The number of rotatable bonds is 6. The van der Waals surface area contributed by atoms with E-state index in [1.165, 1.54) is 5.56 Å². The molecule has 1 aliphatic rings. The molecule has 2 aromatic rings. The number of benzene rings is 1. The first-order valence-electron chi connectivity index (χ1n) is 8.77. The monoisotopic (exact) mass is 356 g/mol. The number of thioether (sulfide) groups is 1. The third-order valence-electron chi connectivity index (χ3n) is 4.37. The number of nitrogens with zero attached hydrogens (tertiary/aromatic N) is 3. The fourth-order valence-corrected chi connectivity index (χ4v) is 3.78. The topological polar surface area (TPSA) is 58.1 Å². The number of aromatic nitrogens is 2. The Morgan fingerprint density at radius 1 is 1.24 bits per heavy atom. The predicted molar refractivity (Wildman–Crippen MR) is 102 cm³/mol. The van der Waals surface area contributed by atoms with Crippen LogP contribution in [-0.4, -0.2) is 35.5 Å². The first kappa shape index (κ1) is 17.7. The van der Waals surface area contributed by atoms with Crippen molar-refractivity contribution in [1.29, 1.82) is 0 Å². The highest BCUT2D eigenvalue weighted by Crippen LogP contribution is 2.25. The molecule has 0 atom stereocenters. The third kappa shape index (κ3) is 4.95. The summed E-state index contributed by atoms with van der Waals surface area (Å²) >= 11 is 1.70. The summed E-state index contributed by atoms with van der Waals surface area (Å²) in [6.07, 6.45) is 5.38. The van der Waals surface area contributed by atoms with Gasteiger partial charge in [0.15, 0.2) is 0 Å². The Hall–Kier alpha value is -2.08. The lowest BCUT2D eigenvalue weighted by atomic mass is 9.96. The number of hydrogen-bond donors (Lipinski definition) is 1. The average Bonchev–Trinajstić information content (AvgIpc) is 2.68. The van der Waals surface area contributed by atoms with Gasteiger partial charge in [-0.1, -0.05) is 30.3 Å². The van der Waals surface area contributed by atoms with Gasteiger partial charge < -0.3 is 10.2 Å². The van der Waals surface area contributed by atoms with Crippen LogP contribution in [0.4, 0.5) is 5.82 Å². The van der Waals surface area contributed by atoms with Crippen molar-refractivity contribution < 1.29 is 4.79 Å². The maximum absolute atomic E-state index is 12.0. The van der Waals surface area contributed by atoms with E-state index in [1.54, 1.807) is 11.8 Å². The summed E-state index contributed by atoms with van der Waals surface area (Å²) in [4.78, 5) is 23.3. The quantitative estimate of drug-likeness (QED) is 0.806. The fourth-order valence-electron chi connectivity index (χ4n) is 2.98. The number of anilines is 1. The van der Waals surface area contributed by atoms with Crippen LogP contribution >= 0.6 is 11.8 Å². The first-order chi connectivity index (χ1) is 12.3. The molecular formula is C19H24N4OS. The van der Waals surface area contributed by atoms with E-state index >= 15 is 0 Å². The fraction of sp³-hybridized carbons (Fsp3) is 0.421. The molecule has 6 heteroatoms. The summed E-state index contributed by atoms with van der Waals surface area (Å²) in [5, 5.41) is 3.86. The summed E-state index contributed by atoms with van der Waals surface area (Å²) in [7, 11) is 0. The zero-order valence-corrected chi connectivity index (χ0v) is 15.3. The lowest BCUT2D eigenvalue weighted by Crippen LogP contribution is -2.40. The molecule has 1 fully saturated rings. The van der Waals surface area contributed by atoms with Crippen molar-refractivity contribution in [2.24, 2.45) is 5.92 Å². The lowest BCUT2D eigenvalue weighted by molar-refractivity contribution is -0.125. The number of piperidine rings is 1. The normalized spacial score (nSPS) is 15.2. The number of hydrogen-bond acceptors (Lipinski definition) is 5. The Labute approximate surface area is 153 Å². The van der Waals surface area contributed by atoms with Crippen molar-refractivity contribution in [1.82, 2.24) is 15.3 Å². The molecule has 0 aliphatic carbocycles. The molecule has 0 unspecified atom stereocenters. The zero-order chi connectivity index (χ0) is 17.5. The van der Waals surface area contributed by atoms with Gasteiger partial charge in [0.2, 0.25) is 5.91 Å². The Kier molecular flexibility index (Phi) is 6.28. The van der Waals surface area contributed by atoms with Gasteiger partial charge in [0, 0.05) is 31.3 Å². The first-order valence-corrected chi connectivity index (χ1v) is 9.76. The molecule has 1 N–H and O–H groups in total. The van der Waals surface area contributed by atoms with Crippen LogP contribution in [-0.2, 0) is 10.5 Å². The molecule has 3 rings (SSSR count). The van der Waals surface area contributed by atoms with E-state index in [9.17, 15) is 4.79 Å². The maximum Gasteiger partial charge on any atom is 0.223 e. The SMILES string of the molecule is CCNC(=O)C1CCN(c2cncc(SCc3ccccc3)n2)CC1. The van der Waals surface area contributed by atoms with Crippen LogP contribution in [0.25, 0.3) is 0 Å². The highest BCUT2D eigenvalue weighted by atomic mass is 32.2. The molecule has 1 saturated heterocycles. The summed E-state index contributed by atoms with van der Waals surface area (Å²) in [5.41, 5.74) is 1.28. The summed E-state index contributed by atoms with van der Waals surface area (Å²) in [6, 6.07) is 10.4. The number of carbonyl (C=O) groups is 1. The molecule has 2 heterocycles. The second-order valence-electron chi connectivity index (χ2n) is 6.15. The number of carbonyl (C=O) groups excluding carboxylic acids is 1. The van der Waals surface area contributed by atoms with Crippen LogP contribution in [0, 0.1) is 5.92 Å². The van der Waals surface area contributed by atoms with Gasteiger partial charge in [-0.2, -0.15) is 0 Å². The molecule has 1 aromatic heterocycles. The summed E-state index contributed by atoms with van der Waals surface area (Å²) in [6.45, 7) is 4.36. The predicted octanol–water partition coefficient (Wildman–Crippen LogP) is 3.12. The van der Waals surface area contributed by atoms with Gasteiger partial charge in [0.25, 0.3) is 0 Å². The standard InChI is InChI=1S/C19H24N4OS/c1-2-21-19(24)16-8-10-23(11-9-16)17-12-20-13-18(22-17)25-14-15-6-4-3-5-7-15/h3-7,12-13,16H,2,8-11,14H2,1H3,(H,21,24). The molecule has 1 aromatic carbocycles. The van der Waals surface area contributed by atoms with E-state index in [0.717, 1.165) is 42.5 Å². The molecule has 132 valence electrons. The van der Waals surface area contributed by atoms with Crippen LogP contribution in [0.3, 0.4) is 0 Å². The summed E-state index contributed by atoms with van der Waals surface area (Å²) < 4.78 is 0. The second-order valence-corrected chi connectivity index (χ2v) is 7.14. The van der Waals surface area contributed by atoms with Crippen molar-refractivity contribution in [3.63, 3.8) is 0 Å². The van der Waals surface area contributed by atoms with Crippen molar-refractivity contribution in [2.75, 3.05) is 24.5 Å². The lowest BCUT2D eigenvalue weighted by Gasteiger charge is -2.32. The minimum Gasteiger partial charge on any atom is -0.356 e. The van der Waals surface area contributed by atoms with E-state index in [4.69, 9.17) is 4.98 Å². The highest BCUT2D eigenvalue weighted by molar-refractivity contribution is 7.98. The Morgan fingerprint density at radius 2 is 2.00 bits per heavy atom. The van der Waals surface area contributed by atoms with E-state index in [2.05, 4.69) is 39.5 Å². The van der Waals surface area contributed by atoms with E-state index in [1.807, 2.05) is 25.4 Å². The van der Waals surface area contributed by atoms with Gasteiger partial charge >= 0.3 is 0 Å². The van der Waals surface area contributed by atoms with Gasteiger partial charge in [-0.3, -0.25) is 9.78 Å². The Balaban J connectivity index is 1.56. The highest BCUT2D eigenvalue weighted by Gasteiger charge is 2.25. The third-order valence-corrected chi connectivity index (χ3v) is 5.34. The van der Waals surface area contributed by atoms with Crippen LogP contribution in [0.5, 0.6) is 0 Å². The van der Waals surface area contributed by atoms with Gasteiger partial charge in [-0.05, 0) is 25.3 Å². The van der Waals surface area contributed by atoms with Crippen molar-refractivity contribution in [3.8, 4) is 0 Å². The van der Waals surface area contributed by atoms with Gasteiger partial charge in [0.05, 0.1) is 12.4 Å². The molecule has 0 saturated carbocycles. The smallest absolute Gasteiger partial charge is 0.223 e. The van der Waals surface area contributed by atoms with Gasteiger partial charge in [-0.15, -0.1) is 11.8 Å². The molecule has 0 radical (unpaired) electrons. The van der Waals surface area contributed by atoms with Crippen LogP contribution in [0.1, 0.15) is 25.3 Å². The average molecular weight is 356 g/mol.